The summed E-state index contributed by atoms with van der Waals surface area (Å²) in [5, 5.41) is 8.57. The number of hydrogen-bond donors (Lipinski definition) is 1. The van der Waals surface area contributed by atoms with Crippen LogP contribution in [0.15, 0.2) is 0 Å². The van der Waals surface area contributed by atoms with Crippen molar-refractivity contribution in [2.24, 2.45) is 5.92 Å². The molecule has 0 aromatic heterocycles. The normalized spacial score (nSPS) is 13.9. The van der Waals surface area contributed by atoms with Crippen molar-refractivity contribution in [3.63, 3.8) is 0 Å². The Morgan fingerprint density at radius 2 is 1.82 bits per heavy atom. The Labute approximate surface area is 69.6 Å². The van der Waals surface area contributed by atoms with Gasteiger partial charge in [-0.3, -0.25) is 0 Å². The molecule has 1 atom stereocenters. The molecule has 2 nitrogen and oxygen atoms in total. The van der Waals surface area contributed by atoms with Gasteiger partial charge in [-0.25, -0.2) is 0 Å². The highest BCUT2D eigenvalue weighted by Gasteiger charge is 2.00. The standard InChI is InChI=1S/C9H20O2/c1-8(2)5-7-11-9(3)4-6-10/h8-10H,4-7H2,1-3H3. The smallest absolute Gasteiger partial charge is 0.0568 e. The van der Waals surface area contributed by atoms with Crippen LogP contribution in [0.3, 0.4) is 0 Å². The molecule has 0 rings (SSSR count). The molecular formula is C9H20O2. The van der Waals surface area contributed by atoms with E-state index in [4.69, 9.17) is 9.84 Å². The monoisotopic (exact) mass is 160 g/mol. The van der Waals surface area contributed by atoms with E-state index in [1.165, 1.54) is 0 Å². The van der Waals surface area contributed by atoms with Crippen LogP contribution in [-0.2, 0) is 4.74 Å². The van der Waals surface area contributed by atoms with E-state index in [0.717, 1.165) is 19.4 Å². The van der Waals surface area contributed by atoms with E-state index < -0.39 is 0 Å². The fourth-order valence-electron chi connectivity index (χ4n) is 0.770. The van der Waals surface area contributed by atoms with Crippen LogP contribution < -0.4 is 0 Å². The third-order valence-electron chi connectivity index (χ3n) is 1.63. The van der Waals surface area contributed by atoms with Crippen molar-refractivity contribution in [2.45, 2.75) is 39.7 Å². The van der Waals surface area contributed by atoms with E-state index in [0.29, 0.717) is 5.92 Å². The quantitative estimate of drug-likeness (QED) is 0.642. The Hall–Kier alpha value is -0.0800. The summed E-state index contributed by atoms with van der Waals surface area (Å²) in [6, 6.07) is 0. The first-order valence-corrected chi connectivity index (χ1v) is 4.39. The minimum Gasteiger partial charge on any atom is -0.396 e. The van der Waals surface area contributed by atoms with Gasteiger partial charge in [0.1, 0.15) is 0 Å². The Balaban J connectivity index is 3.10. The zero-order valence-electron chi connectivity index (χ0n) is 7.84. The second kappa shape index (κ2) is 6.62. The molecular weight excluding hydrogens is 140 g/mol. The van der Waals surface area contributed by atoms with Gasteiger partial charge < -0.3 is 9.84 Å². The Morgan fingerprint density at radius 1 is 1.18 bits per heavy atom. The minimum atomic E-state index is 0.207. The summed E-state index contributed by atoms with van der Waals surface area (Å²) < 4.78 is 5.43. The molecule has 0 bridgehead atoms. The van der Waals surface area contributed by atoms with Gasteiger partial charge in [0, 0.05) is 13.2 Å². The minimum absolute atomic E-state index is 0.207. The molecule has 2 heteroatoms. The first-order valence-electron chi connectivity index (χ1n) is 4.39. The zero-order chi connectivity index (χ0) is 8.69. The van der Waals surface area contributed by atoms with Gasteiger partial charge in [-0.05, 0) is 25.7 Å². The second-order valence-electron chi connectivity index (χ2n) is 3.38. The van der Waals surface area contributed by atoms with Crippen LogP contribution in [0.5, 0.6) is 0 Å². The summed E-state index contributed by atoms with van der Waals surface area (Å²) in [7, 11) is 0. The Kier molecular flexibility index (Phi) is 6.57. The summed E-state index contributed by atoms with van der Waals surface area (Å²) in [6.45, 7) is 7.40. The van der Waals surface area contributed by atoms with Gasteiger partial charge in [-0.15, -0.1) is 0 Å². The molecule has 1 N–H and O–H groups in total. The number of aliphatic hydroxyl groups is 1. The molecule has 0 saturated heterocycles. The van der Waals surface area contributed by atoms with Crippen molar-refractivity contribution in [2.75, 3.05) is 13.2 Å². The van der Waals surface area contributed by atoms with Gasteiger partial charge in [-0.2, -0.15) is 0 Å². The van der Waals surface area contributed by atoms with E-state index >= 15 is 0 Å². The lowest BCUT2D eigenvalue weighted by molar-refractivity contribution is 0.0420. The van der Waals surface area contributed by atoms with Crippen molar-refractivity contribution in [1.29, 1.82) is 0 Å². The van der Waals surface area contributed by atoms with Crippen LogP contribution in [0.2, 0.25) is 0 Å². The van der Waals surface area contributed by atoms with Gasteiger partial charge in [0.25, 0.3) is 0 Å². The lowest BCUT2D eigenvalue weighted by Gasteiger charge is -2.12. The van der Waals surface area contributed by atoms with E-state index in [1.807, 2.05) is 6.92 Å². The SMILES string of the molecule is CC(C)CCOC(C)CCO. The van der Waals surface area contributed by atoms with Crippen LogP contribution in [-0.4, -0.2) is 24.4 Å². The summed E-state index contributed by atoms with van der Waals surface area (Å²) in [6.07, 6.45) is 2.06. The van der Waals surface area contributed by atoms with Crippen LogP contribution in [0.25, 0.3) is 0 Å². The molecule has 0 radical (unpaired) electrons. The highest BCUT2D eigenvalue weighted by molar-refractivity contribution is 4.49. The zero-order valence-corrected chi connectivity index (χ0v) is 7.84. The van der Waals surface area contributed by atoms with Crippen molar-refractivity contribution in [3.05, 3.63) is 0 Å². The lowest BCUT2D eigenvalue weighted by Crippen LogP contribution is -2.11. The Bertz CT molecular complexity index is 81.6. The number of aliphatic hydroxyl groups excluding tert-OH is 1. The number of rotatable bonds is 6. The average molecular weight is 160 g/mol. The van der Waals surface area contributed by atoms with E-state index in [2.05, 4.69) is 13.8 Å². The van der Waals surface area contributed by atoms with E-state index in [1.54, 1.807) is 0 Å². The predicted molar refractivity (Wildman–Crippen MR) is 46.6 cm³/mol. The van der Waals surface area contributed by atoms with Gasteiger partial charge in [-0.1, -0.05) is 13.8 Å². The molecule has 0 saturated carbocycles. The van der Waals surface area contributed by atoms with E-state index in [-0.39, 0.29) is 12.7 Å². The summed E-state index contributed by atoms with van der Waals surface area (Å²) in [4.78, 5) is 0. The first-order chi connectivity index (χ1) is 5.16. The molecule has 0 spiro atoms. The number of hydrogen-bond acceptors (Lipinski definition) is 2. The highest BCUT2D eigenvalue weighted by Crippen LogP contribution is 2.02. The van der Waals surface area contributed by atoms with Crippen molar-refractivity contribution < 1.29 is 9.84 Å². The maximum Gasteiger partial charge on any atom is 0.0568 e. The summed E-state index contributed by atoms with van der Waals surface area (Å²) in [5.41, 5.74) is 0. The molecule has 0 aromatic rings. The van der Waals surface area contributed by atoms with Gasteiger partial charge in [0.15, 0.2) is 0 Å². The predicted octanol–water partition coefficient (Wildman–Crippen LogP) is 1.82. The summed E-state index contributed by atoms with van der Waals surface area (Å²) in [5.74, 6) is 0.705. The fraction of sp³-hybridized carbons (Fsp3) is 1.00. The highest BCUT2D eigenvalue weighted by atomic mass is 16.5. The molecule has 0 fully saturated rings. The fourth-order valence-corrected chi connectivity index (χ4v) is 0.770. The third kappa shape index (κ3) is 7.82. The van der Waals surface area contributed by atoms with Crippen molar-refractivity contribution in [3.8, 4) is 0 Å². The maximum atomic E-state index is 8.57. The second-order valence-corrected chi connectivity index (χ2v) is 3.38. The van der Waals surface area contributed by atoms with Crippen LogP contribution in [0.4, 0.5) is 0 Å². The largest absolute Gasteiger partial charge is 0.396 e. The van der Waals surface area contributed by atoms with Gasteiger partial charge in [0.05, 0.1) is 6.10 Å². The topological polar surface area (TPSA) is 29.5 Å². The third-order valence-corrected chi connectivity index (χ3v) is 1.63. The Morgan fingerprint density at radius 3 is 2.27 bits per heavy atom. The maximum absolute atomic E-state index is 8.57. The average Bonchev–Trinajstić information content (AvgIpc) is 1.87. The van der Waals surface area contributed by atoms with Crippen LogP contribution in [0.1, 0.15) is 33.6 Å². The van der Waals surface area contributed by atoms with E-state index in [9.17, 15) is 0 Å². The lowest BCUT2D eigenvalue weighted by atomic mass is 10.1. The molecule has 68 valence electrons. The van der Waals surface area contributed by atoms with Crippen molar-refractivity contribution >= 4 is 0 Å². The van der Waals surface area contributed by atoms with Crippen LogP contribution in [0, 0.1) is 5.92 Å². The number of ether oxygens (including phenoxy) is 1. The molecule has 0 amide bonds. The molecule has 0 aromatic carbocycles. The molecule has 0 aliphatic rings. The summed E-state index contributed by atoms with van der Waals surface area (Å²) >= 11 is 0. The molecule has 11 heavy (non-hydrogen) atoms. The molecule has 0 heterocycles. The van der Waals surface area contributed by atoms with Crippen molar-refractivity contribution in [1.82, 2.24) is 0 Å². The van der Waals surface area contributed by atoms with Gasteiger partial charge in [0.2, 0.25) is 0 Å². The molecule has 1 unspecified atom stereocenters. The van der Waals surface area contributed by atoms with Crippen LogP contribution >= 0.6 is 0 Å². The van der Waals surface area contributed by atoms with Gasteiger partial charge >= 0.3 is 0 Å². The molecule has 0 aliphatic carbocycles. The molecule has 0 aliphatic heterocycles. The first kappa shape index (κ1) is 10.9.